The van der Waals surface area contributed by atoms with E-state index in [1.807, 2.05) is 18.2 Å². The number of aromatic nitrogens is 1. The lowest BCUT2D eigenvalue weighted by atomic mass is 10.1. The lowest BCUT2D eigenvalue weighted by Gasteiger charge is -2.38. The van der Waals surface area contributed by atoms with E-state index in [4.69, 9.17) is 23.2 Å². The van der Waals surface area contributed by atoms with E-state index in [1.165, 1.54) is 0 Å². The lowest BCUT2D eigenvalue weighted by molar-refractivity contribution is 0.119. The number of carbonyl (C=O) groups excluding carboxylic acids is 1. The number of anilines is 1. The van der Waals surface area contributed by atoms with Crippen molar-refractivity contribution < 1.29 is 4.79 Å². The van der Waals surface area contributed by atoms with Crippen LogP contribution in [0.3, 0.4) is 0 Å². The molecular weight excluding hydrogens is 359 g/mol. The number of nitrogens with one attached hydrogen (secondary N) is 1. The van der Waals surface area contributed by atoms with Gasteiger partial charge in [-0.05, 0) is 30.7 Å². The fourth-order valence-corrected chi connectivity index (χ4v) is 3.46. The van der Waals surface area contributed by atoms with Crippen molar-refractivity contribution in [2.45, 2.75) is 13.0 Å². The summed E-state index contributed by atoms with van der Waals surface area (Å²) in [4.78, 5) is 20.5. The minimum Gasteiger partial charge on any atom is -0.322 e. The third-order valence-electron chi connectivity index (χ3n) is 4.51. The van der Waals surface area contributed by atoms with E-state index < -0.39 is 0 Å². The molecule has 2 amide bonds. The SMILES string of the molecule is CC(c1ccccc1Cl)N1CCN(C(=O)Nc2cccnc2Cl)CC1. The number of hydrogen-bond donors (Lipinski definition) is 1. The van der Waals surface area contributed by atoms with Gasteiger partial charge >= 0.3 is 6.03 Å². The van der Waals surface area contributed by atoms with Crippen molar-refractivity contribution in [1.29, 1.82) is 0 Å². The summed E-state index contributed by atoms with van der Waals surface area (Å²) in [6, 6.07) is 11.4. The average molecular weight is 379 g/mol. The van der Waals surface area contributed by atoms with Crippen LogP contribution in [0.4, 0.5) is 10.5 Å². The van der Waals surface area contributed by atoms with Gasteiger partial charge in [0, 0.05) is 43.4 Å². The van der Waals surface area contributed by atoms with Crippen LogP contribution in [-0.2, 0) is 0 Å². The molecule has 0 saturated carbocycles. The Hall–Kier alpha value is -1.82. The Balaban J connectivity index is 1.57. The summed E-state index contributed by atoms with van der Waals surface area (Å²) in [6.45, 7) is 5.03. The van der Waals surface area contributed by atoms with Crippen LogP contribution < -0.4 is 5.32 Å². The zero-order valence-corrected chi connectivity index (χ0v) is 15.5. The molecule has 2 heterocycles. The fourth-order valence-electron chi connectivity index (χ4n) is 3.00. The molecule has 1 N–H and O–H groups in total. The lowest BCUT2D eigenvalue weighted by Crippen LogP contribution is -2.50. The molecule has 25 heavy (non-hydrogen) atoms. The second kappa shape index (κ2) is 8.04. The number of hydrogen-bond acceptors (Lipinski definition) is 3. The van der Waals surface area contributed by atoms with Crippen LogP contribution in [-0.4, -0.2) is 47.0 Å². The summed E-state index contributed by atoms with van der Waals surface area (Å²) >= 11 is 12.3. The van der Waals surface area contributed by atoms with Crippen LogP contribution in [0, 0.1) is 0 Å². The number of benzene rings is 1. The van der Waals surface area contributed by atoms with Crippen LogP contribution in [0.15, 0.2) is 42.6 Å². The molecule has 0 spiro atoms. The highest BCUT2D eigenvalue weighted by atomic mass is 35.5. The Labute approximate surface area is 157 Å². The third-order valence-corrected chi connectivity index (χ3v) is 5.15. The number of amides is 2. The van der Waals surface area contributed by atoms with E-state index in [9.17, 15) is 4.79 Å². The van der Waals surface area contributed by atoms with Gasteiger partial charge in [-0.25, -0.2) is 9.78 Å². The largest absolute Gasteiger partial charge is 0.322 e. The van der Waals surface area contributed by atoms with E-state index in [0.29, 0.717) is 23.9 Å². The molecule has 5 nitrogen and oxygen atoms in total. The first-order chi connectivity index (χ1) is 12.1. The van der Waals surface area contributed by atoms with Crippen LogP contribution in [0.2, 0.25) is 10.2 Å². The van der Waals surface area contributed by atoms with Crippen molar-refractivity contribution in [3.05, 3.63) is 58.3 Å². The van der Waals surface area contributed by atoms with Gasteiger partial charge in [0.2, 0.25) is 0 Å². The molecule has 1 aromatic heterocycles. The van der Waals surface area contributed by atoms with E-state index in [0.717, 1.165) is 23.7 Å². The Morgan fingerprint density at radius 3 is 2.52 bits per heavy atom. The first-order valence-electron chi connectivity index (χ1n) is 8.21. The molecule has 1 aliphatic heterocycles. The molecule has 3 rings (SSSR count). The molecule has 1 saturated heterocycles. The molecular formula is C18H20Cl2N4O. The number of carbonyl (C=O) groups is 1. The number of halogens is 2. The fraction of sp³-hybridized carbons (Fsp3) is 0.333. The van der Waals surface area contributed by atoms with E-state index >= 15 is 0 Å². The monoisotopic (exact) mass is 378 g/mol. The summed E-state index contributed by atoms with van der Waals surface area (Å²) in [5.41, 5.74) is 1.64. The number of piperazine rings is 1. The van der Waals surface area contributed by atoms with Crippen molar-refractivity contribution in [3.63, 3.8) is 0 Å². The van der Waals surface area contributed by atoms with Gasteiger partial charge < -0.3 is 10.2 Å². The van der Waals surface area contributed by atoms with Gasteiger partial charge in [-0.1, -0.05) is 41.4 Å². The van der Waals surface area contributed by atoms with Crippen molar-refractivity contribution in [2.75, 3.05) is 31.5 Å². The Bertz CT molecular complexity index is 747. The number of nitrogens with zero attached hydrogens (tertiary/aromatic N) is 3. The van der Waals surface area contributed by atoms with E-state index in [1.54, 1.807) is 23.2 Å². The zero-order valence-electron chi connectivity index (χ0n) is 14.0. The number of rotatable bonds is 3. The quantitative estimate of drug-likeness (QED) is 0.809. The predicted octanol–water partition coefficient (Wildman–Crippen LogP) is 4.30. The molecule has 7 heteroatoms. The summed E-state index contributed by atoms with van der Waals surface area (Å²) in [7, 11) is 0. The average Bonchev–Trinajstić information content (AvgIpc) is 2.63. The normalized spacial score (nSPS) is 16.5. The smallest absolute Gasteiger partial charge is 0.322 e. The molecule has 1 aromatic carbocycles. The second-order valence-corrected chi connectivity index (χ2v) is 6.76. The first kappa shape index (κ1) is 18.0. The maximum Gasteiger partial charge on any atom is 0.322 e. The highest BCUT2D eigenvalue weighted by Crippen LogP contribution is 2.28. The van der Waals surface area contributed by atoms with Gasteiger partial charge in [-0.3, -0.25) is 4.90 Å². The summed E-state index contributed by atoms with van der Waals surface area (Å²) in [5, 5.41) is 3.89. The van der Waals surface area contributed by atoms with Crippen LogP contribution in [0.25, 0.3) is 0 Å². The topological polar surface area (TPSA) is 48.5 Å². The molecule has 0 radical (unpaired) electrons. The van der Waals surface area contributed by atoms with Crippen molar-refractivity contribution in [3.8, 4) is 0 Å². The van der Waals surface area contributed by atoms with Gasteiger partial charge in [0.1, 0.15) is 0 Å². The summed E-state index contributed by atoms with van der Waals surface area (Å²) in [5.74, 6) is 0. The highest BCUT2D eigenvalue weighted by Gasteiger charge is 2.25. The molecule has 1 aliphatic rings. The van der Waals surface area contributed by atoms with Crippen LogP contribution in [0.5, 0.6) is 0 Å². The minimum absolute atomic E-state index is 0.153. The Morgan fingerprint density at radius 1 is 1.12 bits per heavy atom. The standard InChI is InChI=1S/C18H20Cl2N4O/c1-13(14-5-2-3-6-15(14)19)23-9-11-24(12-10-23)18(25)22-16-7-4-8-21-17(16)20/h2-8,13H,9-12H2,1H3,(H,22,25). The van der Waals surface area contributed by atoms with Gasteiger partial charge in [0.15, 0.2) is 5.15 Å². The summed E-state index contributed by atoms with van der Waals surface area (Å²) < 4.78 is 0. The highest BCUT2D eigenvalue weighted by molar-refractivity contribution is 6.32. The van der Waals surface area contributed by atoms with Crippen LogP contribution in [0.1, 0.15) is 18.5 Å². The third kappa shape index (κ3) is 4.24. The van der Waals surface area contributed by atoms with Crippen molar-refractivity contribution in [1.82, 2.24) is 14.8 Å². The number of urea groups is 1. The maximum absolute atomic E-state index is 12.4. The summed E-state index contributed by atoms with van der Waals surface area (Å²) in [6.07, 6.45) is 1.59. The molecule has 132 valence electrons. The predicted molar refractivity (Wildman–Crippen MR) is 101 cm³/mol. The van der Waals surface area contributed by atoms with Crippen molar-refractivity contribution in [2.24, 2.45) is 0 Å². The molecule has 2 aromatic rings. The Morgan fingerprint density at radius 2 is 1.84 bits per heavy atom. The molecule has 1 fully saturated rings. The Kier molecular flexibility index (Phi) is 5.78. The maximum atomic E-state index is 12.4. The van der Waals surface area contributed by atoms with Gasteiger partial charge in [-0.15, -0.1) is 0 Å². The van der Waals surface area contributed by atoms with Gasteiger partial charge in [0.25, 0.3) is 0 Å². The zero-order chi connectivity index (χ0) is 17.8. The molecule has 1 atom stereocenters. The van der Waals surface area contributed by atoms with E-state index in [2.05, 4.69) is 28.2 Å². The molecule has 0 bridgehead atoms. The van der Waals surface area contributed by atoms with E-state index in [-0.39, 0.29) is 12.1 Å². The van der Waals surface area contributed by atoms with Gasteiger partial charge in [-0.2, -0.15) is 0 Å². The first-order valence-corrected chi connectivity index (χ1v) is 8.97. The van der Waals surface area contributed by atoms with Crippen LogP contribution >= 0.6 is 23.2 Å². The molecule has 1 unspecified atom stereocenters. The van der Waals surface area contributed by atoms with Crippen molar-refractivity contribution >= 4 is 34.9 Å². The molecule has 0 aliphatic carbocycles. The second-order valence-electron chi connectivity index (χ2n) is 5.99. The number of pyridine rings is 1. The minimum atomic E-state index is -0.153. The van der Waals surface area contributed by atoms with Gasteiger partial charge in [0.05, 0.1) is 5.69 Å².